The molecular weight excluding hydrogens is 497 g/mol. The second-order valence-electron chi connectivity index (χ2n) is 8.93. The maximum absolute atomic E-state index is 15.6. The van der Waals surface area contributed by atoms with Crippen LogP contribution < -0.4 is 15.8 Å². The van der Waals surface area contributed by atoms with Gasteiger partial charge in [0.15, 0.2) is 16.7 Å². The van der Waals surface area contributed by atoms with Crippen LogP contribution in [0.3, 0.4) is 0 Å². The number of halogens is 4. The molecule has 36 heavy (non-hydrogen) atoms. The van der Waals surface area contributed by atoms with Crippen LogP contribution in [-0.2, 0) is 19.4 Å². The number of carbonyl (C=O) groups excluding carboxylic acids is 1. The second-order valence-corrected chi connectivity index (χ2v) is 9.29. The third kappa shape index (κ3) is 4.30. The number of nitrogens with zero attached hydrogens (tertiary/aromatic N) is 4. The predicted octanol–water partition coefficient (Wildman–Crippen LogP) is 3.22. The van der Waals surface area contributed by atoms with Crippen molar-refractivity contribution in [1.29, 1.82) is 0 Å². The largest absolute Gasteiger partial charge is 0.366 e. The Morgan fingerprint density at radius 2 is 1.89 bits per heavy atom. The van der Waals surface area contributed by atoms with Crippen molar-refractivity contribution in [2.75, 3.05) is 38.1 Å². The van der Waals surface area contributed by atoms with Gasteiger partial charge >= 0.3 is 0 Å². The van der Waals surface area contributed by atoms with Crippen molar-refractivity contribution in [2.24, 2.45) is 0 Å². The number of H-pyrrole nitrogens is 1. The van der Waals surface area contributed by atoms with Crippen molar-refractivity contribution in [1.82, 2.24) is 25.2 Å². The summed E-state index contributed by atoms with van der Waals surface area (Å²) in [6, 6.07) is 3.39. The number of rotatable bonds is 5. The van der Waals surface area contributed by atoms with E-state index in [1.807, 2.05) is 0 Å². The highest BCUT2D eigenvalue weighted by molar-refractivity contribution is 6.32. The highest BCUT2D eigenvalue weighted by Crippen LogP contribution is 2.35. The van der Waals surface area contributed by atoms with Gasteiger partial charge in [0.1, 0.15) is 11.2 Å². The molecular formula is C24H24ClF3N6O2. The molecule has 12 heteroatoms. The summed E-state index contributed by atoms with van der Waals surface area (Å²) in [6.07, 6.45) is -1.01. The number of aromatic amines is 1. The topological polar surface area (TPSA) is 94.2 Å². The van der Waals surface area contributed by atoms with Gasteiger partial charge < -0.3 is 15.2 Å². The monoisotopic (exact) mass is 520 g/mol. The fourth-order valence-corrected chi connectivity index (χ4v) is 5.34. The van der Waals surface area contributed by atoms with Crippen LogP contribution in [0.2, 0.25) is 5.15 Å². The first-order valence-corrected chi connectivity index (χ1v) is 12.1. The lowest BCUT2D eigenvalue weighted by Crippen LogP contribution is -2.46. The van der Waals surface area contributed by atoms with Gasteiger partial charge in [-0.3, -0.25) is 14.5 Å². The Morgan fingerprint density at radius 1 is 1.17 bits per heavy atom. The predicted molar refractivity (Wildman–Crippen MR) is 129 cm³/mol. The van der Waals surface area contributed by atoms with Crippen LogP contribution in [0.5, 0.6) is 0 Å². The van der Waals surface area contributed by atoms with E-state index in [1.54, 1.807) is 12.1 Å². The summed E-state index contributed by atoms with van der Waals surface area (Å²) in [5, 5.41) is 2.75. The van der Waals surface area contributed by atoms with E-state index >= 15 is 4.39 Å². The Kier molecular flexibility index (Phi) is 6.60. The Labute approximate surface area is 209 Å². The number of aryl methyl sites for hydroxylation is 1. The van der Waals surface area contributed by atoms with Crippen LogP contribution in [0.25, 0.3) is 11.0 Å². The van der Waals surface area contributed by atoms with E-state index in [1.165, 1.54) is 7.05 Å². The summed E-state index contributed by atoms with van der Waals surface area (Å²) in [7, 11) is 1.52. The highest BCUT2D eigenvalue weighted by atomic mass is 35.5. The summed E-state index contributed by atoms with van der Waals surface area (Å²) in [5.41, 5.74) is 1.07. The zero-order valence-electron chi connectivity index (χ0n) is 19.5. The number of carbonyl (C=O) groups is 1. The third-order valence-electron chi connectivity index (χ3n) is 6.88. The molecule has 2 aromatic heterocycles. The molecule has 0 spiro atoms. The number of aromatic nitrogens is 3. The standard InChI is InChI=1S/C24H24ClF3N6O2/c1-29-23(35)15-5-6-16(21(25)30-15)34-9-7-33(8-10-34)11-14-12-3-2-4-13(12)18-19(17(14)26)32-24(36)20(31-18)22(27)28/h5-6,22H,2-4,7-11H2,1H3,(H,29,35)(H,32,36). The van der Waals surface area contributed by atoms with Gasteiger partial charge in [0.25, 0.3) is 17.9 Å². The minimum atomic E-state index is -3.03. The van der Waals surface area contributed by atoms with E-state index < -0.39 is 23.5 Å². The first-order chi connectivity index (χ1) is 17.3. The van der Waals surface area contributed by atoms with Crippen LogP contribution in [0.4, 0.5) is 18.9 Å². The minimum absolute atomic E-state index is 0.104. The molecule has 2 aliphatic rings. The van der Waals surface area contributed by atoms with E-state index in [2.05, 4.69) is 30.1 Å². The fraction of sp³-hybridized carbons (Fsp3) is 0.417. The minimum Gasteiger partial charge on any atom is -0.366 e. The molecule has 0 bridgehead atoms. The van der Waals surface area contributed by atoms with Crippen LogP contribution in [-0.4, -0.2) is 59.0 Å². The maximum atomic E-state index is 15.6. The van der Waals surface area contributed by atoms with Crippen molar-refractivity contribution < 1.29 is 18.0 Å². The average Bonchev–Trinajstić information content (AvgIpc) is 3.36. The number of alkyl halides is 2. The smallest absolute Gasteiger partial charge is 0.285 e. The normalized spacial score (nSPS) is 16.1. The van der Waals surface area contributed by atoms with Gasteiger partial charge in [0.2, 0.25) is 0 Å². The lowest BCUT2D eigenvalue weighted by molar-refractivity contribution is 0.0958. The van der Waals surface area contributed by atoms with Gasteiger partial charge in [0.05, 0.1) is 11.2 Å². The molecule has 0 radical (unpaired) electrons. The van der Waals surface area contributed by atoms with Crippen LogP contribution in [0.1, 0.15) is 45.7 Å². The number of hydrogen-bond donors (Lipinski definition) is 2. The van der Waals surface area contributed by atoms with Gasteiger partial charge in [-0.2, -0.15) is 0 Å². The molecule has 1 aliphatic carbocycles. The molecule has 1 aromatic carbocycles. The second kappa shape index (κ2) is 9.70. The van der Waals surface area contributed by atoms with Gasteiger partial charge in [-0.25, -0.2) is 23.1 Å². The van der Waals surface area contributed by atoms with Crippen LogP contribution in [0.15, 0.2) is 16.9 Å². The van der Waals surface area contributed by atoms with E-state index in [4.69, 9.17) is 11.6 Å². The van der Waals surface area contributed by atoms with Gasteiger partial charge in [-0.1, -0.05) is 11.6 Å². The van der Waals surface area contributed by atoms with E-state index in [0.29, 0.717) is 51.1 Å². The molecule has 1 fully saturated rings. The quantitative estimate of drug-likeness (QED) is 0.502. The first-order valence-electron chi connectivity index (χ1n) is 11.7. The average molecular weight is 521 g/mol. The zero-order chi connectivity index (χ0) is 25.6. The Balaban J connectivity index is 1.38. The fourth-order valence-electron chi connectivity index (χ4n) is 5.06. The molecule has 5 rings (SSSR count). The number of nitrogens with one attached hydrogen (secondary N) is 2. The van der Waals surface area contributed by atoms with Crippen molar-refractivity contribution in [3.05, 3.63) is 61.5 Å². The highest BCUT2D eigenvalue weighted by Gasteiger charge is 2.29. The molecule has 1 saturated heterocycles. The summed E-state index contributed by atoms with van der Waals surface area (Å²) in [4.78, 5) is 38.4. The van der Waals surface area contributed by atoms with E-state index in [9.17, 15) is 18.4 Å². The molecule has 3 aromatic rings. The zero-order valence-corrected chi connectivity index (χ0v) is 20.3. The van der Waals surface area contributed by atoms with Gasteiger partial charge in [-0.05, 0) is 42.5 Å². The van der Waals surface area contributed by atoms with Crippen molar-refractivity contribution in [3.63, 3.8) is 0 Å². The molecule has 0 unspecified atom stereocenters. The first kappa shape index (κ1) is 24.5. The number of benzene rings is 1. The van der Waals surface area contributed by atoms with Gasteiger partial charge in [-0.15, -0.1) is 0 Å². The van der Waals surface area contributed by atoms with Crippen LogP contribution >= 0.6 is 11.6 Å². The molecule has 1 amide bonds. The van der Waals surface area contributed by atoms with Crippen LogP contribution in [0, 0.1) is 5.82 Å². The molecule has 3 heterocycles. The molecule has 190 valence electrons. The SMILES string of the molecule is CNC(=O)c1ccc(N2CCN(Cc3c4c(c5nc(C(F)F)c(=O)[nH]c5c3F)CCC4)CC2)c(Cl)n1. The summed E-state index contributed by atoms with van der Waals surface area (Å²) in [6.45, 7) is 2.82. The van der Waals surface area contributed by atoms with Gasteiger partial charge in [0, 0.05) is 45.3 Å². The summed E-state index contributed by atoms with van der Waals surface area (Å²) in [5.74, 6) is -0.921. The Morgan fingerprint density at radius 3 is 2.56 bits per heavy atom. The Bertz CT molecular complexity index is 1410. The lowest BCUT2D eigenvalue weighted by Gasteiger charge is -2.36. The number of amides is 1. The van der Waals surface area contributed by atoms with Crippen molar-refractivity contribution >= 4 is 34.2 Å². The van der Waals surface area contributed by atoms with Crippen molar-refractivity contribution in [2.45, 2.75) is 32.2 Å². The maximum Gasteiger partial charge on any atom is 0.285 e. The molecule has 0 atom stereocenters. The number of hydrogen-bond acceptors (Lipinski definition) is 6. The lowest BCUT2D eigenvalue weighted by atomic mass is 9.99. The number of pyridine rings is 1. The molecule has 0 saturated carbocycles. The molecule has 1 aliphatic heterocycles. The molecule has 2 N–H and O–H groups in total. The number of fused-ring (bicyclic) bond motifs is 3. The number of piperazine rings is 1. The summed E-state index contributed by atoms with van der Waals surface area (Å²) >= 11 is 6.34. The van der Waals surface area contributed by atoms with E-state index in [0.717, 1.165) is 23.2 Å². The van der Waals surface area contributed by atoms with Crippen molar-refractivity contribution in [3.8, 4) is 0 Å². The van der Waals surface area contributed by atoms with E-state index in [-0.39, 0.29) is 27.8 Å². The Hall–Kier alpha value is -3.18. The third-order valence-corrected chi connectivity index (χ3v) is 7.16. The number of anilines is 1. The molecule has 8 nitrogen and oxygen atoms in total. The summed E-state index contributed by atoms with van der Waals surface area (Å²) < 4.78 is 42.1.